The van der Waals surface area contributed by atoms with Crippen LogP contribution in [-0.4, -0.2) is 35.4 Å². The highest BCUT2D eigenvalue weighted by Crippen LogP contribution is 2.33. The number of pyridine rings is 1. The first-order chi connectivity index (χ1) is 12.8. The summed E-state index contributed by atoms with van der Waals surface area (Å²) in [6, 6.07) is 3.82. The number of nitrogens with one attached hydrogen (secondary N) is 1. The van der Waals surface area contributed by atoms with E-state index in [1.54, 1.807) is 35.7 Å². The summed E-state index contributed by atoms with van der Waals surface area (Å²) in [5, 5.41) is 3.62. The maximum absolute atomic E-state index is 12.1. The molecule has 1 saturated carbocycles. The Morgan fingerprint density at radius 3 is 2.85 bits per heavy atom. The molecule has 1 amide bonds. The normalized spacial score (nSPS) is 13.8. The Balaban J connectivity index is 1.65. The van der Waals surface area contributed by atoms with Crippen LogP contribution in [0, 0.1) is 5.92 Å². The third-order valence-corrected chi connectivity index (χ3v) is 5.08. The minimum atomic E-state index is -0.0297. The first kappa shape index (κ1) is 15.1. The summed E-state index contributed by atoms with van der Waals surface area (Å²) >= 11 is 1.44. The Hall–Kier alpha value is -3.20. The molecule has 1 aliphatic carbocycles. The van der Waals surface area contributed by atoms with Crippen LogP contribution < -0.4 is 5.32 Å². The van der Waals surface area contributed by atoms with Crippen molar-refractivity contribution in [3.8, 4) is 16.4 Å². The van der Waals surface area contributed by atoms with Gasteiger partial charge in [-0.15, -0.1) is 0 Å². The topological polar surface area (TPSA) is 98.5 Å². The fraction of sp³-hybridized carbons (Fsp3) is 0.176. The van der Waals surface area contributed by atoms with Crippen molar-refractivity contribution in [3.63, 3.8) is 0 Å². The molecule has 0 aliphatic heterocycles. The van der Waals surface area contributed by atoms with E-state index >= 15 is 0 Å². The zero-order chi connectivity index (χ0) is 17.5. The minimum absolute atomic E-state index is 0.0297. The first-order valence-corrected chi connectivity index (χ1v) is 8.98. The van der Waals surface area contributed by atoms with Gasteiger partial charge in [0.2, 0.25) is 11.9 Å². The summed E-state index contributed by atoms with van der Waals surface area (Å²) in [6.45, 7) is 0. The highest BCUT2D eigenvalue weighted by molar-refractivity contribution is 7.21. The lowest BCUT2D eigenvalue weighted by Gasteiger charge is -2.06. The zero-order valence-electron chi connectivity index (χ0n) is 13.5. The molecule has 1 N–H and O–H groups in total. The van der Waals surface area contributed by atoms with E-state index < -0.39 is 0 Å². The summed E-state index contributed by atoms with van der Waals surface area (Å²) in [5.74, 6) is 0.931. The molecule has 0 radical (unpaired) electrons. The number of fused-ring (bicyclic) bond motifs is 1. The molecule has 128 valence electrons. The van der Waals surface area contributed by atoms with Gasteiger partial charge in [-0.05, 0) is 25.0 Å². The number of hydrogen-bond donors (Lipinski definition) is 1. The van der Waals surface area contributed by atoms with Crippen LogP contribution in [0.1, 0.15) is 12.8 Å². The van der Waals surface area contributed by atoms with Gasteiger partial charge in [-0.3, -0.25) is 19.7 Å². The quantitative estimate of drug-likeness (QED) is 0.598. The Bertz CT molecular complexity index is 1090. The third-order valence-electron chi connectivity index (χ3n) is 4.08. The molecule has 1 fully saturated rings. The number of carbonyl (C=O) groups is 1. The molecule has 4 aromatic rings. The summed E-state index contributed by atoms with van der Waals surface area (Å²) in [7, 11) is 0. The number of aromatic nitrogens is 6. The lowest BCUT2D eigenvalue weighted by Crippen LogP contribution is -2.16. The van der Waals surface area contributed by atoms with Crippen LogP contribution in [0.5, 0.6) is 0 Å². The lowest BCUT2D eigenvalue weighted by molar-refractivity contribution is -0.117. The predicted octanol–water partition coefficient (Wildman–Crippen LogP) is 2.68. The number of anilines is 1. The molecule has 9 heteroatoms. The van der Waals surface area contributed by atoms with Gasteiger partial charge in [-0.1, -0.05) is 11.3 Å². The van der Waals surface area contributed by atoms with Gasteiger partial charge < -0.3 is 0 Å². The van der Waals surface area contributed by atoms with Gasteiger partial charge >= 0.3 is 0 Å². The van der Waals surface area contributed by atoms with E-state index in [0.29, 0.717) is 22.1 Å². The number of nitrogens with zero attached hydrogens (tertiary/aromatic N) is 6. The average molecular weight is 363 g/mol. The molecule has 4 heterocycles. The number of imidazole rings is 1. The smallest absolute Gasteiger partial charge is 0.232 e. The highest BCUT2D eigenvalue weighted by atomic mass is 32.1. The number of hydrogen-bond acceptors (Lipinski definition) is 7. The van der Waals surface area contributed by atoms with E-state index in [2.05, 4.69) is 25.3 Å². The molecule has 26 heavy (non-hydrogen) atoms. The monoisotopic (exact) mass is 363 g/mol. The van der Waals surface area contributed by atoms with Gasteiger partial charge in [0, 0.05) is 36.3 Å². The standard InChI is InChI=1S/C17H13N7OS/c25-14(10-3-4-10)22-17-21-13(24-7-6-19-9-24)12-16(23-17)26-15(20-12)11-2-1-5-18-8-11/h1-2,5-10H,3-4H2,(H,21,22,23,25). The molecule has 8 nitrogen and oxygen atoms in total. The maximum Gasteiger partial charge on any atom is 0.232 e. The number of rotatable bonds is 4. The molecule has 0 saturated heterocycles. The van der Waals surface area contributed by atoms with Crippen LogP contribution in [0.4, 0.5) is 5.95 Å². The second-order valence-electron chi connectivity index (χ2n) is 6.02. The Labute approximate surface area is 152 Å². The Morgan fingerprint density at radius 1 is 1.19 bits per heavy atom. The zero-order valence-corrected chi connectivity index (χ0v) is 14.3. The first-order valence-electron chi connectivity index (χ1n) is 8.16. The van der Waals surface area contributed by atoms with Crippen LogP contribution >= 0.6 is 11.3 Å². The Morgan fingerprint density at radius 2 is 2.12 bits per heavy atom. The van der Waals surface area contributed by atoms with Crippen molar-refractivity contribution in [3.05, 3.63) is 43.2 Å². The predicted molar refractivity (Wildman–Crippen MR) is 96.9 cm³/mol. The number of thiazole rings is 1. The van der Waals surface area contributed by atoms with Crippen LogP contribution in [0.25, 0.3) is 26.7 Å². The van der Waals surface area contributed by atoms with E-state index in [4.69, 9.17) is 4.98 Å². The van der Waals surface area contributed by atoms with Crippen molar-refractivity contribution >= 4 is 33.5 Å². The maximum atomic E-state index is 12.1. The van der Waals surface area contributed by atoms with Crippen LogP contribution in [0.3, 0.4) is 0 Å². The van der Waals surface area contributed by atoms with Gasteiger partial charge in [-0.2, -0.15) is 9.97 Å². The van der Waals surface area contributed by atoms with E-state index in [-0.39, 0.29) is 11.8 Å². The molecule has 0 unspecified atom stereocenters. The molecule has 5 rings (SSSR count). The largest absolute Gasteiger partial charge is 0.294 e. The SMILES string of the molecule is O=C(Nc1nc(-n2ccnc2)c2nc(-c3cccnc3)sc2n1)C1CC1. The Kier molecular flexibility index (Phi) is 3.45. The van der Waals surface area contributed by atoms with E-state index in [9.17, 15) is 4.79 Å². The van der Waals surface area contributed by atoms with E-state index in [0.717, 1.165) is 23.4 Å². The van der Waals surface area contributed by atoms with Crippen molar-refractivity contribution in [2.24, 2.45) is 5.92 Å². The molecule has 0 atom stereocenters. The van der Waals surface area contributed by atoms with Crippen LogP contribution in [0.15, 0.2) is 43.2 Å². The summed E-state index contributed by atoms with van der Waals surface area (Å²) in [5.41, 5.74) is 1.58. The van der Waals surface area contributed by atoms with Crippen molar-refractivity contribution in [1.82, 2.24) is 29.5 Å². The fourth-order valence-electron chi connectivity index (χ4n) is 2.60. The molecule has 4 aromatic heterocycles. The van der Waals surface area contributed by atoms with Gasteiger partial charge in [0.25, 0.3) is 0 Å². The third kappa shape index (κ3) is 2.72. The van der Waals surface area contributed by atoms with Crippen molar-refractivity contribution in [2.75, 3.05) is 5.32 Å². The van der Waals surface area contributed by atoms with E-state index in [1.807, 2.05) is 12.1 Å². The number of amides is 1. The average Bonchev–Trinajstić information content (AvgIpc) is 3.21. The van der Waals surface area contributed by atoms with Gasteiger partial charge in [0.15, 0.2) is 10.6 Å². The van der Waals surface area contributed by atoms with Crippen molar-refractivity contribution in [1.29, 1.82) is 0 Å². The molecule has 1 aliphatic rings. The van der Waals surface area contributed by atoms with Crippen molar-refractivity contribution < 1.29 is 4.79 Å². The summed E-state index contributed by atoms with van der Waals surface area (Å²) < 4.78 is 1.77. The van der Waals surface area contributed by atoms with Crippen LogP contribution in [-0.2, 0) is 4.79 Å². The lowest BCUT2D eigenvalue weighted by atomic mass is 10.3. The summed E-state index contributed by atoms with van der Waals surface area (Å²) in [6.07, 6.45) is 10.4. The highest BCUT2D eigenvalue weighted by Gasteiger charge is 2.30. The van der Waals surface area contributed by atoms with E-state index in [1.165, 1.54) is 11.3 Å². The second-order valence-corrected chi connectivity index (χ2v) is 7.00. The molecular weight excluding hydrogens is 350 g/mol. The van der Waals surface area contributed by atoms with Gasteiger partial charge in [0.05, 0.1) is 0 Å². The summed E-state index contributed by atoms with van der Waals surface area (Å²) in [4.78, 5) is 34.7. The minimum Gasteiger partial charge on any atom is -0.294 e. The molecule has 0 bridgehead atoms. The van der Waals surface area contributed by atoms with Crippen LogP contribution in [0.2, 0.25) is 0 Å². The fourth-order valence-corrected chi connectivity index (χ4v) is 3.52. The van der Waals surface area contributed by atoms with Gasteiger partial charge in [-0.25, -0.2) is 9.97 Å². The van der Waals surface area contributed by atoms with Gasteiger partial charge in [0.1, 0.15) is 16.9 Å². The second kappa shape index (κ2) is 5.95. The molecular formula is C17H13N7OS. The number of carbonyl (C=O) groups excluding carboxylic acids is 1. The molecule has 0 aromatic carbocycles. The molecule has 0 spiro atoms. The van der Waals surface area contributed by atoms with Crippen molar-refractivity contribution in [2.45, 2.75) is 12.8 Å².